The van der Waals surface area contributed by atoms with Crippen LogP contribution in [0.4, 0.5) is 0 Å². The van der Waals surface area contributed by atoms with Crippen molar-refractivity contribution in [1.82, 2.24) is 0 Å². The average molecular weight is 308 g/mol. The van der Waals surface area contributed by atoms with Gasteiger partial charge in [-0.2, -0.15) is 0 Å². The van der Waals surface area contributed by atoms with Crippen molar-refractivity contribution in [2.24, 2.45) is 0 Å². The van der Waals surface area contributed by atoms with Gasteiger partial charge in [0.1, 0.15) is 0 Å². The molecule has 1 nitrogen and oxygen atoms in total. The summed E-state index contributed by atoms with van der Waals surface area (Å²) in [5.41, 5.74) is 0.855. The molecule has 0 saturated heterocycles. The van der Waals surface area contributed by atoms with Crippen molar-refractivity contribution >= 4 is 16.6 Å². The smallest absolute Gasteiger partial charge is 0.162 e. The Morgan fingerprint density at radius 3 is 2.22 bits per heavy atom. The lowest BCUT2D eigenvalue weighted by atomic mass is 10.0. The maximum Gasteiger partial charge on any atom is 0.162 e. The van der Waals surface area contributed by atoms with Gasteiger partial charge in [0.2, 0.25) is 0 Å². The number of Topliss-reactive ketones (excluding diaryl/α,β-unsaturated/α-hetero) is 1. The molecule has 0 spiro atoms. The van der Waals surface area contributed by atoms with Crippen LogP contribution in [0.1, 0.15) is 68.1 Å². The molecule has 0 aliphatic heterocycles. The van der Waals surface area contributed by atoms with E-state index in [0.29, 0.717) is 6.42 Å². The van der Waals surface area contributed by atoms with Crippen LogP contribution in [-0.4, -0.2) is 5.78 Å². The summed E-state index contributed by atoms with van der Waals surface area (Å²) >= 11 is 0. The van der Waals surface area contributed by atoms with Crippen molar-refractivity contribution in [3.63, 3.8) is 0 Å². The molecule has 0 fully saturated rings. The molecule has 0 unspecified atom stereocenters. The maximum atomic E-state index is 12.3. The van der Waals surface area contributed by atoms with Crippen LogP contribution in [-0.2, 0) is 0 Å². The average Bonchev–Trinajstić information content (AvgIpc) is 2.59. The Morgan fingerprint density at radius 2 is 1.48 bits per heavy atom. The second-order valence-electron chi connectivity index (χ2n) is 6.29. The third-order valence-corrected chi connectivity index (χ3v) is 4.38. The summed E-state index contributed by atoms with van der Waals surface area (Å²) < 4.78 is 0. The van der Waals surface area contributed by atoms with Crippen LogP contribution >= 0.6 is 0 Å². The summed E-state index contributed by atoms with van der Waals surface area (Å²) in [6.45, 7) is 3.75. The van der Waals surface area contributed by atoms with Gasteiger partial charge >= 0.3 is 0 Å². The topological polar surface area (TPSA) is 17.1 Å². The van der Waals surface area contributed by atoms with Gasteiger partial charge in [-0.05, 0) is 36.1 Å². The number of rotatable bonds is 11. The van der Waals surface area contributed by atoms with Gasteiger partial charge in [0.25, 0.3) is 0 Å². The number of fused-ring (bicyclic) bond motifs is 1. The first-order valence-electron chi connectivity index (χ1n) is 8.94. The fourth-order valence-electron chi connectivity index (χ4n) is 2.97. The van der Waals surface area contributed by atoms with Gasteiger partial charge in [-0.25, -0.2) is 0 Å². The van der Waals surface area contributed by atoms with E-state index in [0.717, 1.165) is 23.8 Å². The van der Waals surface area contributed by atoms with Crippen molar-refractivity contribution in [1.29, 1.82) is 0 Å². The van der Waals surface area contributed by atoms with Gasteiger partial charge in [-0.1, -0.05) is 74.6 Å². The van der Waals surface area contributed by atoms with Crippen molar-refractivity contribution in [2.75, 3.05) is 0 Å². The normalized spacial score (nSPS) is 10.8. The van der Waals surface area contributed by atoms with Crippen LogP contribution in [0, 0.1) is 0 Å². The second-order valence-corrected chi connectivity index (χ2v) is 6.29. The quantitative estimate of drug-likeness (QED) is 0.256. The lowest BCUT2D eigenvalue weighted by Crippen LogP contribution is -1.98. The zero-order valence-electron chi connectivity index (χ0n) is 14.1. The molecule has 2 rings (SSSR count). The molecule has 2 aromatic carbocycles. The van der Waals surface area contributed by atoms with Crippen LogP contribution in [0.2, 0.25) is 0 Å². The first-order valence-corrected chi connectivity index (χ1v) is 8.94. The van der Waals surface area contributed by atoms with Gasteiger partial charge in [-0.3, -0.25) is 4.79 Å². The predicted octanol–water partition coefficient (Wildman–Crippen LogP) is 6.72. The molecule has 2 aromatic rings. The second kappa shape index (κ2) is 9.99. The van der Waals surface area contributed by atoms with Crippen molar-refractivity contribution in [3.8, 4) is 0 Å². The molecule has 0 atom stereocenters. The van der Waals surface area contributed by atoms with E-state index < -0.39 is 0 Å². The lowest BCUT2D eigenvalue weighted by Gasteiger charge is -2.04. The van der Waals surface area contributed by atoms with E-state index in [1.807, 2.05) is 36.4 Å². The van der Waals surface area contributed by atoms with Crippen molar-refractivity contribution in [3.05, 3.63) is 60.7 Å². The van der Waals surface area contributed by atoms with Gasteiger partial charge in [0.05, 0.1) is 0 Å². The molecule has 0 radical (unpaired) electrons. The van der Waals surface area contributed by atoms with E-state index in [-0.39, 0.29) is 5.78 Å². The first kappa shape index (κ1) is 17.5. The highest BCUT2D eigenvalue weighted by Gasteiger charge is 2.06. The van der Waals surface area contributed by atoms with Gasteiger partial charge in [0.15, 0.2) is 5.78 Å². The Balaban J connectivity index is 1.65. The molecular weight excluding hydrogens is 280 g/mol. The summed E-state index contributed by atoms with van der Waals surface area (Å²) in [6.07, 6.45) is 12.4. The van der Waals surface area contributed by atoms with E-state index in [9.17, 15) is 4.79 Å². The molecule has 0 saturated carbocycles. The van der Waals surface area contributed by atoms with E-state index >= 15 is 0 Å². The number of benzene rings is 2. The highest BCUT2D eigenvalue weighted by molar-refractivity contribution is 5.99. The molecule has 0 aliphatic carbocycles. The minimum Gasteiger partial charge on any atom is -0.294 e. The molecular formula is C22H28O. The number of hydrogen-bond acceptors (Lipinski definition) is 1. The third-order valence-electron chi connectivity index (χ3n) is 4.38. The number of carbonyl (C=O) groups excluding carboxylic acids is 1. The number of ketones is 1. The van der Waals surface area contributed by atoms with E-state index in [2.05, 4.69) is 18.7 Å². The fraction of sp³-hybridized carbons (Fsp3) is 0.409. The van der Waals surface area contributed by atoms with Crippen molar-refractivity contribution in [2.45, 2.75) is 57.8 Å². The summed E-state index contributed by atoms with van der Waals surface area (Å²) in [7, 11) is 0. The highest BCUT2D eigenvalue weighted by Crippen LogP contribution is 2.18. The van der Waals surface area contributed by atoms with Crippen LogP contribution in [0.5, 0.6) is 0 Å². The molecule has 0 aromatic heterocycles. The lowest BCUT2D eigenvalue weighted by molar-refractivity contribution is 0.0979. The summed E-state index contributed by atoms with van der Waals surface area (Å²) in [6, 6.07) is 14.2. The third kappa shape index (κ3) is 6.02. The van der Waals surface area contributed by atoms with E-state index in [4.69, 9.17) is 0 Å². The minimum absolute atomic E-state index is 0.279. The number of carbonyl (C=O) groups is 1. The zero-order valence-corrected chi connectivity index (χ0v) is 14.1. The molecule has 1 heteroatoms. The van der Waals surface area contributed by atoms with Crippen LogP contribution < -0.4 is 0 Å². The van der Waals surface area contributed by atoms with Crippen LogP contribution in [0.25, 0.3) is 10.8 Å². The zero-order chi connectivity index (χ0) is 16.3. The summed E-state index contributed by atoms with van der Waals surface area (Å²) in [5.74, 6) is 0.279. The SMILES string of the molecule is C=CCCCCCCCCCC(=O)c1ccc2ccccc2c1. The Bertz CT molecular complexity index is 627. The Hall–Kier alpha value is -1.89. The highest BCUT2D eigenvalue weighted by atomic mass is 16.1. The van der Waals surface area contributed by atoms with Crippen LogP contribution in [0.3, 0.4) is 0 Å². The van der Waals surface area contributed by atoms with E-state index in [1.54, 1.807) is 0 Å². The molecule has 122 valence electrons. The molecule has 0 aliphatic rings. The van der Waals surface area contributed by atoms with Crippen LogP contribution in [0.15, 0.2) is 55.1 Å². The standard InChI is InChI=1S/C22H28O/c1-2-3-4-5-6-7-8-9-10-15-22(23)21-17-16-19-13-11-12-14-20(19)18-21/h2,11-14,16-18H,1,3-10,15H2. The van der Waals surface area contributed by atoms with Gasteiger partial charge in [0, 0.05) is 12.0 Å². The first-order chi connectivity index (χ1) is 11.3. The van der Waals surface area contributed by atoms with Crippen molar-refractivity contribution < 1.29 is 4.79 Å². The number of hydrogen-bond donors (Lipinski definition) is 0. The summed E-state index contributed by atoms with van der Waals surface area (Å²) in [4.78, 5) is 12.3. The molecule has 23 heavy (non-hydrogen) atoms. The summed E-state index contributed by atoms with van der Waals surface area (Å²) in [5, 5.41) is 2.35. The number of unbranched alkanes of at least 4 members (excludes halogenated alkanes) is 7. The minimum atomic E-state index is 0.279. The predicted molar refractivity (Wildman–Crippen MR) is 100 cm³/mol. The monoisotopic (exact) mass is 308 g/mol. The van der Waals surface area contributed by atoms with Gasteiger partial charge < -0.3 is 0 Å². The molecule has 0 heterocycles. The fourth-order valence-corrected chi connectivity index (χ4v) is 2.97. The Labute approximate surface area is 140 Å². The molecule has 0 bridgehead atoms. The Kier molecular flexibility index (Phi) is 7.59. The van der Waals surface area contributed by atoms with Gasteiger partial charge in [-0.15, -0.1) is 6.58 Å². The largest absolute Gasteiger partial charge is 0.294 e. The molecule has 0 amide bonds. The number of allylic oxidation sites excluding steroid dienone is 1. The maximum absolute atomic E-state index is 12.3. The van der Waals surface area contributed by atoms with E-state index in [1.165, 1.54) is 43.9 Å². The molecule has 0 N–H and O–H groups in total. The Morgan fingerprint density at radius 1 is 0.826 bits per heavy atom.